The highest BCUT2D eigenvalue weighted by Crippen LogP contribution is 2.12. The van der Waals surface area contributed by atoms with Crippen LogP contribution in [-0.2, 0) is 6.42 Å². The van der Waals surface area contributed by atoms with Gasteiger partial charge in [-0.2, -0.15) is 0 Å². The van der Waals surface area contributed by atoms with E-state index < -0.39 is 0 Å². The van der Waals surface area contributed by atoms with Gasteiger partial charge in [0.25, 0.3) is 0 Å². The molecule has 3 N–H and O–H groups in total. The van der Waals surface area contributed by atoms with Gasteiger partial charge in [-0.15, -0.1) is 0 Å². The second kappa shape index (κ2) is 4.12. The van der Waals surface area contributed by atoms with Crippen LogP contribution in [0.2, 0.25) is 0 Å². The minimum absolute atomic E-state index is 0.229. The lowest BCUT2D eigenvalue weighted by molar-refractivity contribution is 0.474. The van der Waals surface area contributed by atoms with E-state index in [0.717, 1.165) is 18.4 Å². The third-order valence-electron chi connectivity index (χ3n) is 1.80. The maximum Gasteiger partial charge on any atom is 0.115 e. The Morgan fingerprint density at radius 3 is 2.83 bits per heavy atom. The third-order valence-corrected chi connectivity index (χ3v) is 1.80. The fourth-order valence-corrected chi connectivity index (χ4v) is 1.11. The van der Waals surface area contributed by atoms with Crippen LogP contribution in [0.5, 0.6) is 5.75 Å². The van der Waals surface area contributed by atoms with Crippen LogP contribution in [0, 0.1) is 0 Å². The van der Waals surface area contributed by atoms with Crippen molar-refractivity contribution in [2.75, 3.05) is 0 Å². The van der Waals surface area contributed by atoms with Crippen LogP contribution in [0.4, 0.5) is 0 Å². The molecule has 0 radical (unpaired) electrons. The molecule has 1 rings (SSSR count). The van der Waals surface area contributed by atoms with Crippen LogP contribution in [0.25, 0.3) is 0 Å². The van der Waals surface area contributed by atoms with Gasteiger partial charge in [-0.25, -0.2) is 0 Å². The molecule has 0 fully saturated rings. The summed E-state index contributed by atoms with van der Waals surface area (Å²) >= 11 is 0. The zero-order valence-corrected chi connectivity index (χ0v) is 7.33. The minimum Gasteiger partial charge on any atom is -0.508 e. The molecule has 0 saturated heterocycles. The zero-order valence-electron chi connectivity index (χ0n) is 7.33. The summed E-state index contributed by atoms with van der Waals surface area (Å²) in [5, 5.41) is 9.15. The number of phenolic OH excluding ortho intramolecular Hbond substituents is 1. The van der Waals surface area contributed by atoms with Crippen LogP contribution in [-0.4, -0.2) is 11.1 Å². The van der Waals surface area contributed by atoms with Gasteiger partial charge in [0.1, 0.15) is 5.75 Å². The zero-order chi connectivity index (χ0) is 8.97. The summed E-state index contributed by atoms with van der Waals surface area (Å²) in [6.45, 7) is 1.99. The molecule has 0 unspecified atom stereocenters. The first-order valence-corrected chi connectivity index (χ1v) is 4.22. The number of rotatable bonds is 3. The van der Waals surface area contributed by atoms with E-state index in [4.69, 9.17) is 10.8 Å². The molecule has 66 valence electrons. The van der Waals surface area contributed by atoms with Crippen molar-refractivity contribution in [1.82, 2.24) is 0 Å². The van der Waals surface area contributed by atoms with Gasteiger partial charge < -0.3 is 10.8 Å². The largest absolute Gasteiger partial charge is 0.508 e. The summed E-state index contributed by atoms with van der Waals surface area (Å²) < 4.78 is 0. The first-order chi connectivity index (χ1) is 5.68. The van der Waals surface area contributed by atoms with Crippen molar-refractivity contribution in [3.05, 3.63) is 29.8 Å². The average molecular weight is 165 g/mol. The monoisotopic (exact) mass is 165 g/mol. The van der Waals surface area contributed by atoms with Crippen LogP contribution < -0.4 is 5.73 Å². The predicted octanol–water partition coefficient (Wildman–Crippen LogP) is 1.67. The molecular formula is C10H15NO. The fourth-order valence-electron chi connectivity index (χ4n) is 1.11. The quantitative estimate of drug-likeness (QED) is 0.715. The number of aryl methyl sites for hydroxylation is 1. The standard InChI is InChI=1S/C10H15NO/c1-8(11)5-6-9-3-2-4-10(12)7-9/h2-4,7-8,12H,5-6,11H2,1H3/t8-/m1/s1. The first-order valence-electron chi connectivity index (χ1n) is 4.22. The summed E-state index contributed by atoms with van der Waals surface area (Å²) in [5.41, 5.74) is 6.76. The molecular weight excluding hydrogens is 150 g/mol. The van der Waals surface area contributed by atoms with E-state index in [-0.39, 0.29) is 6.04 Å². The lowest BCUT2D eigenvalue weighted by atomic mass is 10.1. The van der Waals surface area contributed by atoms with Crippen molar-refractivity contribution >= 4 is 0 Å². The maximum absolute atomic E-state index is 9.15. The molecule has 0 amide bonds. The van der Waals surface area contributed by atoms with Crippen molar-refractivity contribution in [2.45, 2.75) is 25.8 Å². The Kier molecular flexibility index (Phi) is 3.11. The van der Waals surface area contributed by atoms with Crippen molar-refractivity contribution < 1.29 is 5.11 Å². The van der Waals surface area contributed by atoms with Gasteiger partial charge in [-0.05, 0) is 37.5 Å². The number of aromatic hydroxyl groups is 1. The average Bonchev–Trinajstić information content (AvgIpc) is 2.01. The summed E-state index contributed by atoms with van der Waals surface area (Å²) in [6, 6.07) is 7.54. The molecule has 0 spiro atoms. The van der Waals surface area contributed by atoms with Gasteiger partial charge in [-0.3, -0.25) is 0 Å². The molecule has 1 aromatic rings. The van der Waals surface area contributed by atoms with E-state index in [1.807, 2.05) is 19.1 Å². The van der Waals surface area contributed by atoms with E-state index in [9.17, 15) is 0 Å². The molecule has 2 heteroatoms. The number of hydrogen-bond acceptors (Lipinski definition) is 2. The summed E-state index contributed by atoms with van der Waals surface area (Å²) in [6.07, 6.45) is 1.90. The SMILES string of the molecule is C[C@@H](N)CCc1cccc(O)c1. The molecule has 0 bridgehead atoms. The van der Waals surface area contributed by atoms with Gasteiger partial charge in [0.2, 0.25) is 0 Å². The van der Waals surface area contributed by atoms with Crippen molar-refractivity contribution in [3.63, 3.8) is 0 Å². The molecule has 1 aromatic carbocycles. The van der Waals surface area contributed by atoms with Crippen molar-refractivity contribution in [1.29, 1.82) is 0 Å². The Balaban J connectivity index is 2.52. The van der Waals surface area contributed by atoms with Crippen LogP contribution in [0.3, 0.4) is 0 Å². The highest BCUT2D eigenvalue weighted by Gasteiger charge is 1.97. The molecule has 0 saturated carbocycles. The van der Waals surface area contributed by atoms with E-state index in [2.05, 4.69) is 0 Å². The van der Waals surface area contributed by atoms with Gasteiger partial charge >= 0.3 is 0 Å². The lowest BCUT2D eigenvalue weighted by Gasteiger charge is -2.04. The number of benzene rings is 1. The minimum atomic E-state index is 0.229. The van der Waals surface area contributed by atoms with Crippen LogP contribution in [0.15, 0.2) is 24.3 Å². The van der Waals surface area contributed by atoms with E-state index >= 15 is 0 Å². The Bertz CT molecular complexity index is 245. The highest BCUT2D eigenvalue weighted by molar-refractivity contribution is 5.27. The van der Waals surface area contributed by atoms with E-state index in [1.54, 1.807) is 12.1 Å². The molecule has 12 heavy (non-hydrogen) atoms. The first kappa shape index (κ1) is 9.07. The predicted molar refractivity (Wildman–Crippen MR) is 50.1 cm³/mol. The topological polar surface area (TPSA) is 46.2 Å². The van der Waals surface area contributed by atoms with E-state index in [0.29, 0.717) is 5.75 Å². The number of phenols is 1. The van der Waals surface area contributed by atoms with Gasteiger partial charge in [0.05, 0.1) is 0 Å². The number of nitrogens with two attached hydrogens (primary N) is 1. The summed E-state index contributed by atoms with van der Waals surface area (Å²) in [5.74, 6) is 0.331. The van der Waals surface area contributed by atoms with E-state index in [1.165, 1.54) is 0 Å². The Morgan fingerprint density at radius 2 is 2.25 bits per heavy atom. The lowest BCUT2D eigenvalue weighted by Crippen LogP contribution is -2.15. The van der Waals surface area contributed by atoms with Gasteiger partial charge in [-0.1, -0.05) is 12.1 Å². The smallest absolute Gasteiger partial charge is 0.115 e. The highest BCUT2D eigenvalue weighted by atomic mass is 16.3. The molecule has 0 aliphatic carbocycles. The Labute approximate surface area is 73.0 Å². The summed E-state index contributed by atoms with van der Waals surface area (Å²) in [4.78, 5) is 0. The Morgan fingerprint density at radius 1 is 1.50 bits per heavy atom. The van der Waals surface area contributed by atoms with Crippen LogP contribution >= 0.6 is 0 Å². The molecule has 0 aliphatic heterocycles. The normalized spacial score (nSPS) is 12.8. The second-order valence-corrected chi connectivity index (χ2v) is 3.19. The number of hydrogen-bond donors (Lipinski definition) is 2. The van der Waals surface area contributed by atoms with Gasteiger partial charge in [0.15, 0.2) is 0 Å². The Hall–Kier alpha value is -1.02. The third kappa shape index (κ3) is 2.93. The van der Waals surface area contributed by atoms with Crippen molar-refractivity contribution in [3.8, 4) is 5.75 Å². The molecule has 0 aromatic heterocycles. The maximum atomic E-state index is 9.15. The molecule has 1 atom stereocenters. The second-order valence-electron chi connectivity index (χ2n) is 3.19. The molecule has 0 heterocycles. The van der Waals surface area contributed by atoms with Crippen molar-refractivity contribution in [2.24, 2.45) is 5.73 Å². The molecule has 0 aliphatic rings. The van der Waals surface area contributed by atoms with Crippen LogP contribution in [0.1, 0.15) is 18.9 Å². The van der Waals surface area contributed by atoms with Gasteiger partial charge in [0, 0.05) is 6.04 Å². The summed E-state index contributed by atoms with van der Waals surface area (Å²) in [7, 11) is 0. The fraction of sp³-hybridized carbons (Fsp3) is 0.400. The molecule has 2 nitrogen and oxygen atoms in total.